The van der Waals surface area contributed by atoms with Crippen molar-refractivity contribution < 1.29 is 59.7 Å². The zero-order valence-electron chi connectivity index (χ0n) is 33.8. The molecule has 58 heavy (non-hydrogen) atoms. The summed E-state index contributed by atoms with van der Waals surface area (Å²) in [5, 5.41) is 0.756. The van der Waals surface area contributed by atoms with E-state index < -0.39 is 110 Å². The van der Waals surface area contributed by atoms with Gasteiger partial charge in [0.2, 0.25) is 27.7 Å². The fourth-order valence-corrected chi connectivity index (χ4v) is 9.11. The normalized spacial score (nSPS) is 29.7. The number of Topliss-reactive ketones (excluding diaryl/α,β-unsaturated/α-hetero) is 1. The Labute approximate surface area is 336 Å². The van der Waals surface area contributed by atoms with Gasteiger partial charge in [-0.15, -0.1) is 0 Å². The lowest BCUT2D eigenvalue weighted by Crippen LogP contribution is -2.50. The molecular weight excluding hydrogens is 784 g/mol. The van der Waals surface area contributed by atoms with E-state index in [2.05, 4.69) is 9.71 Å². The van der Waals surface area contributed by atoms with Crippen LogP contribution in [0.3, 0.4) is 0 Å². The lowest BCUT2D eigenvalue weighted by atomic mass is 9.90. The van der Waals surface area contributed by atoms with Gasteiger partial charge in [0.25, 0.3) is 5.92 Å². The quantitative estimate of drug-likeness (QED) is 0.226. The van der Waals surface area contributed by atoms with Crippen LogP contribution in [0.15, 0.2) is 36.5 Å². The molecule has 1 saturated heterocycles. The highest BCUT2D eigenvalue weighted by Gasteiger charge is 2.63. The number of aromatic nitrogens is 1. The second kappa shape index (κ2) is 15.7. The van der Waals surface area contributed by atoms with Gasteiger partial charge in [-0.2, -0.15) is 0 Å². The number of alkyl halides is 2. The maximum Gasteiger partial charge on any atom is 0.307 e. The molecule has 2 aliphatic heterocycles. The smallest absolute Gasteiger partial charge is 0.307 e. The molecule has 2 saturated carbocycles. The van der Waals surface area contributed by atoms with Gasteiger partial charge in [0.05, 0.1) is 59.8 Å². The predicted molar refractivity (Wildman–Crippen MR) is 205 cm³/mol. The monoisotopic (exact) mass is 835 g/mol. The van der Waals surface area contributed by atoms with Gasteiger partial charge in [-0.3, -0.25) is 23.9 Å². The summed E-state index contributed by atoms with van der Waals surface area (Å²) in [6, 6.07) is 2.79. The number of fused-ring (bicyclic) bond motifs is 3. The third kappa shape index (κ3) is 8.70. The number of allylic oxidation sites excluding steroid dienone is 2. The summed E-state index contributed by atoms with van der Waals surface area (Å²) in [6.45, 7) is 7.43. The van der Waals surface area contributed by atoms with Gasteiger partial charge in [-0.05, 0) is 84.8 Å². The average Bonchev–Trinajstić information content (AvgIpc) is 4.01. The van der Waals surface area contributed by atoms with Gasteiger partial charge in [-0.1, -0.05) is 12.2 Å². The van der Waals surface area contributed by atoms with Crippen molar-refractivity contribution in [2.24, 2.45) is 17.3 Å². The van der Waals surface area contributed by atoms with E-state index in [-0.39, 0.29) is 36.4 Å². The Morgan fingerprint density at radius 3 is 2.48 bits per heavy atom. The summed E-state index contributed by atoms with van der Waals surface area (Å²) < 4.78 is 94.2. The average molecular weight is 836 g/mol. The zero-order valence-corrected chi connectivity index (χ0v) is 34.6. The maximum atomic E-state index is 14.8. The number of nitrogens with zero attached hydrogens (tertiary/aromatic N) is 2. The van der Waals surface area contributed by atoms with Crippen LogP contribution in [0.1, 0.15) is 92.9 Å². The summed E-state index contributed by atoms with van der Waals surface area (Å²) in [6.07, 6.45) is 3.50. The minimum atomic E-state index is -4.05. The molecule has 0 bridgehead atoms. The molecule has 0 spiro atoms. The highest BCUT2D eigenvalue weighted by atomic mass is 32.2. The van der Waals surface area contributed by atoms with Crippen molar-refractivity contribution in [2.75, 3.05) is 13.7 Å². The van der Waals surface area contributed by atoms with Crippen LogP contribution in [0.25, 0.3) is 10.8 Å². The second-order valence-electron chi connectivity index (χ2n) is 17.1. The van der Waals surface area contributed by atoms with Gasteiger partial charge in [0.1, 0.15) is 17.7 Å². The molecular formula is C41H52F3N3O10S. The molecule has 1 aromatic heterocycles. The van der Waals surface area contributed by atoms with Crippen LogP contribution in [0.4, 0.5) is 13.2 Å². The highest BCUT2D eigenvalue weighted by Crippen LogP contribution is 2.57. The topological polar surface area (TPSA) is 168 Å². The van der Waals surface area contributed by atoms with Crippen LogP contribution in [0.5, 0.6) is 11.6 Å². The molecule has 1 N–H and O–H groups in total. The molecule has 0 unspecified atom stereocenters. The molecule has 6 rings (SSSR count). The van der Waals surface area contributed by atoms with E-state index in [0.29, 0.717) is 38.0 Å². The highest BCUT2D eigenvalue weighted by molar-refractivity contribution is 7.91. The Morgan fingerprint density at radius 1 is 1.12 bits per heavy atom. The largest absolute Gasteiger partial charge is 0.496 e. The zero-order chi connectivity index (χ0) is 42.6. The molecule has 318 valence electrons. The number of ketones is 1. The van der Waals surface area contributed by atoms with Crippen LogP contribution in [0.2, 0.25) is 0 Å². The summed E-state index contributed by atoms with van der Waals surface area (Å²) >= 11 is 0. The van der Waals surface area contributed by atoms with Gasteiger partial charge >= 0.3 is 5.97 Å². The summed E-state index contributed by atoms with van der Waals surface area (Å²) in [5.74, 6) is -8.75. The standard InChI is InChI=1S/C41H52F3N3O10S/c1-23-10-8-9-11-25-20-41(25,37(51)46-58(52,53)39(5)13-14-39)21-32(48)31-18-27(56-35-30-16-26(42)17-33(54-7)28(30)12-15-45-35)22-47(31)36(50)29(24(2)55-23)19-34(49)57-38(3,4)40(6,43)44/h9,11-12,15-17,23-25,27,29,31H,8,10,13-14,18-22H2,1-7H3,(H,46,51)/b11-9-/t23-,24+,25-,27-,29+,31+,41-/m1/s1. The van der Waals surface area contributed by atoms with Crippen molar-refractivity contribution in [3.8, 4) is 11.6 Å². The summed E-state index contributed by atoms with van der Waals surface area (Å²) in [7, 11) is -2.66. The number of pyridine rings is 1. The Hall–Kier alpha value is -4.25. The first kappa shape index (κ1) is 43.3. The molecule has 1 aromatic carbocycles. The molecule has 4 aliphatic rings. The number of carbonyl (C=O) groups is 4. The second-order valence-corrected chi connectivity index (χ2v) is 19.3. The number of rotatable bonds is 10. The van der Waals surface area contributed by atoms with E-state index in [4.69, 9.17) is 18.9 Å². The number of sulfonamides is 1. The number of nitrogens with one attached hydrogen (secondary N) is 1. The van der Waals surface area contributed by atoms with Crippen molar-refractivity contribution in [3.63, 3.8) is 0 Å². The molecule has 2 aromatic rings. The van der Waals surface area contributed by atoms with Crippen molar-refractivity contribution in [2.45, 2.75) is 134 Å². The van der Waals surface area contributed by atoms with E-state index >= 15 is 0 Å². The van der Waals surface area contributed by atoms with Crippen LogP contribution in [0, 0.1) is 23.1 Å². The van der Waals surface area contributed by atoms with E-state index in [9.17, 15) is 40.8 Å². The first-order valence-corrected chi connectivity index (χ1v) is 21.1. The minimum Gasteiger partial charge on any atom is -0.496 e. The first-order chi connectivity index (χ1) is 27.0. The van der Waals surface area contributed by atoms with Gasteiger partial charge in [-0.25, -0.2) is 26.6 Å². The number of amides is 2. The molecule has 2 aliphatic carbocycles. The maximum absolute atomic E-state index is 14.8. The molecule has 0 radical (unpaired) electrons. The number of hydrogen-bond acceptors (Lipinski definition) is 11. The Morgan fingerprint density at radius 2 is 1.83 bits per heavy atom. The number of hydrogen-bond donors (Lipinski definition) is 1. The van der Waals surface area contributed by atoms with Crippen LogP contribution < -0.4 is 14.2 Å². The Kier molecular flexibility index (Phi) is 11.8. The van der Waals surface area contributed by atoms with Gasteiger partial charge < -0.3 is 23.8 Å². The number of methoxy groups -OCH3 is 1. The summed E-state index contributed by atoms with van der Waals surface area (Å²) in [5.41, 5.74) is -3.63. The molecule has 7 atom stereocenters. The Bertz CT molecular complexity index is 2100. The van der Waals surface area contributed by atoms with E-state index in [1.165, 1.54) is 30.3 Å². The fraction of sp³-hybridized carbons (Fsp3) is 0.634. The van der Waals surface area contributed by atoms with Crippen molar-refractivity contribution in [3.05, 3.63) is 42.4 Å². The van der Waals surface area contributed by atoms with E-state index in [1.54, 1.807) is 32.9 Å². The third-order valence-corrected chi connectivity index (χ3v) is 14.5. The van der Waals surface area contributed by atoms with Crippen LogP contribution >= 0.6 is 0 Å². The lowest BCUT2D eigenvalue weighted by molar-refractivity contribution is -0.198. The minimum absolute atomic E-state index is 0.00154. The lowest BCUT2D eigenvalue weighted by Gasteiger charge is -2.34. The van der Waals surface area contributed by atoms with Crippen molar-refractivity contribution >= 4 is 44.4 Å². The number of benzene rings is 1. The number of esters is 1. The van der Waals surface area contributed by atoms with E-state index in [0.717, 1.165) is 13.8 Å². The molecule has 3 fully saturated rings. The summed E-state index contributed by atoms with van der Waals surface area (Å²) in [4.78, 5) is 62.3. The molecule has 13 nitrogen and oxygen atoms in total. The number of halogens is 3. The number of ether oxygens (including phenoxy) is 4. The van der Waals surface area contributed by atoms with Gasteiger partial charge in [0.15, 0.2) is 11.4 Å². The molecule has 17 heteroatoms. The van der Waals surface area contributed by atoms with Crippen LogP contribution in [-0.2, 0) is 38.7 Å². The van der Waals surface area contributed by atoms with Crippen LogP contribution in [-0.4, -0.2) is 96.1 Å². The predicted octanol–water partition coefficient (Wildman–Crippen LogP) is 5.82. The SMILES string of the molecule is COc1cc(F)cc2c(O[C@@H]3C[C@H]4C(=O)C[C@]5(C(=O)NS(=O)(=O)C6(C)CC6)C[C@H]5/C=C\CC[C@@H](C)O[C@@H](C)[C@H](CC(=O)OC(C)(C)C(C)(F)F)C(=O)N4C3)nccc12. The van der Waals surface area contributed by atoms with Gasteiger partial charge in [0, 0.05) is 37.4 Å². The molecule has 3 heterocycles. The van der Waals surface area contributed by atoms with Crippen molar-refractivity contribution in [1.29, 1.82) is 0 Å². The Balaban J connectivity index is 1.36. The van der Waals surface area contributed by atoms with E-state index in [1.807, 2.05) is 6.08 Å². The number of carbonyl (C=O) groups excluding carboxylic acids is 4. The first-order valence-electron chi connectivity index (χ1n) is 19.6. The van der Waals surface area contributed by atoms with Crippen molar-refractivity contribution in [1.82, 2.24) is 14.6 Å². The fourth-order valence-electron chi connectivity index (χ4n) is 7.78. The third-order valence-electron chi connectivity index (χ3n) is 12.3. The molecule has 2 amide bonds.